The summed E-state index contributed by atoms with van der Waals surface area (Å²) in [6, 6.07) is 5.62. The molecule has 0 aliphatic carbocycles. The lowest BCUT2D eigenvalue weighted by Gasteiger charge is -2.39. The molecule has 0 radical (unpaired) electrons. The van der Waals surface area contributed by atoms with E-state index in [4.69, 9.17) is 18.9 Å². The van der Waals surface area contributed by atoms with E-state index in [9.17, 15) is 4.79 Å². The Morgan fingerprint density at radius 2 is 1.77 bits per heavy atom. The highest BCUT2D eigenvalue weighted by Gasteiger charge is 2.36. The van der Waals surface area contributed by atoms with Crippen LogP contribution in [0.1, 0.15) is 20.8 Å². The van der Waals surface area contributed by atoms with Gasteiger partial charge in [0.05, 0.1) is 33.4 Å². The van der Waals surface area contributed by atoms with Crippen molar-refractivity contribution in [2.24, 2.45) is 4.99 Å². The van der Waals surface area contributed by atoms with Gasteiger partial charge in [-0.25, -0.2) is 4.79 Å². The zero-order valence-corrected chi connectivity index (χ0v) is 21.2. The largest absolute Gasteiger partial charge is 0.496 e. The molecule has 0 aromatic heterocycles. The van der Waals surface area contributed by atoms with Crippen molar-refractivity contribution in [3.8, 4) is 17.2 Å². The highest BCUT2D eigenvalue weighted by atomic mass is 127. The van der Waals surface area contributed by atoms with Crippen molar-refractivity contribution in [2.45, 2.75) is 32.4 Å². The number of guanidine groups is 1. The first-order valence-electron chi connectivity index (χ1n) is 10.2. The van der Waals surface area contributed by atoms with E-state index in [2.05, 4.69) is 15.2 Å². The normalized spacial score (nSPS) is 17.8. The van der Waals surface area contributed by atoms with Gasteiger partial charge in [0.2, 0.25) is 0 Å². The minimum atomic E-state index is -0.486. The molecule has 1 aromatic rings. The van der Waals surface area contributed by atoms with Crippen LogP contribution in [0, 0.1) is 0 Å². The molecule has 3 rings (SSSR count). The van der Waals surface area contributed by atoms with E-state index in [1.54, 1.807) is 25.2 Å². The molecule has 10 heteroatoms. The van der Waals surface area contributed by atoms with E-state index in [0.717, 1.165) is 12.5 Å². The summed E-state index contributed by atoms with van der Waals surface area (Å²) in [4.78, 5) is 20.9. The Balaban J connectivity index is 0.00000341. The molecule has 2 aliphatic heterocycles. The summed E-state index contributed by atoms with van der Waals surface area (Å²) in [5.41, 5.74) is -0.486. The van der Waals surface area contributed by atoms with E-state index in [1.165, 1.54) is 0 Å². The summed E-state index contributed by atoms with van der Waals surface area (Å²) in [6.07, 6.45) is -0.259. The second-order valence-corrected chi connectivity index (χ2v) is 8.26. The van der Waals surface area contributed by atoms with Crippen LogP contribution in [-0.2, 0) is 4.74 Å². The molecule has 0 saturated carbocycles. The lowest BCUT2D eigenvalue weighted by molar-refractivity contribution is 0.0137. The van der Waals surface area contributed by atoms with E-state index in [-0.39, 0.29) is 36.1 Å². The highest BCUT2D eigenvalue weighted by molar-refractivity contribution is 14.0. The third-order valence-corrected chi connectivity index (χ3v) is 4.84. The average molecular weight is 548 g/mol. The average Bonchev–Trinajstić information content (AvgIpc) is 3.11. The van der Waals surface area contributed by atoms with Gasteiger partial charge < -0.3 is 34.1 Å². The molecular formula is C21H33IN4O5. The maximum Gasteiger partial charge on any atom is 0.410 e. The van der Waals surface area contributed by atoms with E-state index >= 15 is 0 Å². The number of aliphatic imine (C=N–C) groups is 1. The first-order valence-corrected chi connectivity index (χ1v) is 10.2. The number of nitrogens with zero attached hydrogens (tertiary/aromatic N) is 3. The molecule has 2 heterocycles. The molecule has 174 valence electrons. The maximum absolute atomic E-state index is 12.3. The van der Waals surface area contributed by atoms with Crippen LogP contribution in [0.3, 0.4) is 0 Å². The summed E-state index contributed by atoms with van der Waals surface area (Å²) in [6.45, 7) is 9.34. The van der Waals surface area contributed by atoms with Gasteiger partial charge in [-0.2, -0.15) is 0 Å². The van der Waals surface area contributed by atoms with Crippen LogP contribution >= 0.6 is 24.0 Å². The number of hydrogen-bond acceptors (Lipinski definition) is 8. The third-order valence-electron chi connectivity index (χ3n) is 4.84. The third kappa shape index (κ3) is 6.94. The molecule has 31 heavy (non-hydrogen) atoms. The fraction of sp³-hybridized carbons (Fsp3) is 0.619. The molecule has 0 spiro atoms. The van der Waals surface area contributed by atoms with Gasteiger partial charge in [-0.15, -0.1) is 24.0 Å². The second kappa shape index (κ2) is 11.0. The van der Waals surface area contributed by atoms with Crippen molar-refractivity contribution in [3.05, 3.63) is 18.2 Å². The molecule has 0 bridgehead atoms. The summed E-state index contributed by atoms with van der Waals surface area (Å²) in [5, 5.41) is 3.34. The van der Waals surface area contributed by atoms with Gasteiger partial charge in [0.15, 0.2) is 5.96 Å². The van der Waals surface area contributed by atoms with Crippen molar-refractivity contribution in [1.82, 2.24) is 15.1 Å². The van der Waals surface area contributed by atoms with Crippen LogP contribution in [0.25, 0.3) is 0 Å². The molecule has 2 aliphatic rings. The monoisotopic (exact) mass is 548 g/mol. The fourth-order valence-electron chi connectivity index (χ4n) is 3.42. The predicted molar refractivity (Wildman–Crippen MR) is 129 cm³/mol. The molecule has 1 unspecified atom stereocenters. The number of carbonyl (C=O) groups excluding carboxylic acids is 1. The number of nitrogens with one attached hydrogen (secondary N) is 1. The summed E-state index contributed by atoms with van der Waals surface area (Å²) in [7, 11) is 3.22. The molecule has 1 fully saturated rings. The molecule has 1 atom stereocenters. The Morgan fingerprint density at radius 3 is 2.39 bits per heavy atom. The smallest absolute Gasteiger partial charge is 0.410 e. The zero-order valence-electron chi connectivity index (χ0n) is 18.8. The molecule has 1 aromatic carbocycles. The quantitative estimate of drug-likeness (QED) is 0.432. The molecular weight excluding hydrogens is 515 g/mol. The van der Waals surface area contributed by atoms with Gasteiger partial charge in [-0.05, 0) is 20.8 Å². The minimum absolute atomic E-state index is 0. The number of benzene rings is 1. The standard InChI is InChI=1S/C21H32N4O5.HI/c1-21(2,3)30-20(26)24-7-8-25-15(14-24)13-23-19(25)22-6-9-29-18-11-16(27-4)10-17(12-18)28-5;/h10-12,15H,6-9,13-14H2,1-5H3,(H,22,23);1H. The number of carbonyl (C=O) groups is 1. The number of fused-ring (bicyclic) bond motifs is 1. The van der Waals surface area contributed by atoms with E-state index in [1.807, 2.05) is 32.9 Å². The zero-order chi connectivity index (χ0) is 21.7. The number of halogens is 1. The predicted octanol–water partition coefficient (Wildman–Crippen LogP) is 2.58. The fourth-order valence-corrected chi connectivity index (χ4v) is 3.42. The van der Waals surface area contributed by atoms with Gasteiger partial charge in [0, 0.05) is 37.8 Å². The SMILES string of the molecule is COc1cc(OC)cc(OCCNC2=NCC3CN(C(=O)OC(C)(C)C)CCN23)c1.I. The Morgan fingerprint density at radius 1 is 1.13 bits per heavy atom. The Labute approximate surface area is 201 Å². The van der Waals surface area contributed by atoms with Crippen LogP contribution in [0.2, 0.25) is 0 Å². The molecule has 1 saturated heterocycles. The van der Waals surface area contributed by atoms with E-state index < -0.39 is 5.60 Å². The number of amides is 1. The highest BCUT2D eigenvalue weighted by Crippen LogP contribution is 2.27. The molecule has 9 nitrogen and oxygen atoms in total. The molecule has 1 N–H and O–H groups in total. The van der Waals surface area contributed by atoms with Crippen molar-refractivity contribution in [2.75, 3.05) is 53.6 Å². The minimum Gasteiger partial charge on any atom is -0.496 e. The van der Waals surface area contributed by atoms with Crippen LogP contribution < -0.4 is 19.5 Å². The first kappa shape index (κ1) is 25.2. The van der Waals surface area contributed by atoms with Crippen molar-refractivity contribution in [1.29, 1.82) is 0 Å². The summed E-state index contributed by atoms with van der Waals surface area (Å²) >= 11 is 0. The van der Waals surface area contributed by atoms with Crippen LogP contribution in [0.15, 0.2) is 23.2 Å². The van der Waals surface area contributed by atoms with Crippen molar-refractivity contribution in [3.63, 3.8) is 0 Å². The Hall–Kier alpha value is -2.11. The number of rotatable bonds is 6. The summed E-state index contributed by atoms with van der Waals surface area (Å²) in [5.74, 6) is 2.91. The number of piperazine rings is 1. The van der Waals surface area contributed by atoms with Crippen molar-refractivity contribution >= 4 is 36.0 Å². The van der Waals surface area contributed by atoms with Crippen molar-refractivity contribution < 1.29 is 23.7 Å². The number of methoxy groups -OCH3 is 2. The topological polar surface area (TPSA) is 84.9 Å². The van der Waals surface area contributed by atoms with Crippen LogP contribution in [-0.4, -0.2) is 87.0 Å². The number of hydrogen-bond donors (Lipinski definition) is 1. The first-order chi connectivity index (χ1) is 14.3. The van der Waals surface area contributed by atoms with Gasteiger partial charge in [-0.3, -0.25) is 4.99 Å². The maximum atomic E-state index is 12.3. The Bertz CT molecular complexity index is 761. The number of ether oxygens (including phenoxy) is 4. The van der Waals surface area contributed by atoms with Gasteiger partial charge in [-0.1, -0.05) is 0 Å². The van der Waals surface area contributed by atoms with Crippen LogP contribution in [0.5, 0.6) is 17.2 Å². The molecule has 1 amide bonds. The second-order valence-electron chi connectivity index (χ2n) is 8.26. The lowest BCUT2D eigenvalue weighted by atomic mass is 10.2. The van der Waals surface area contributed by atoms with Gasteiger partial charge >= 0.3 is 6.09 Å². The van der Waals surface area contributed by atoms with Crippen LogP contribution in [0.4, 0.5) is 4.79 Å². The van der Waals surface area contributed by atoms with Gasteiger partial charge in [0.1, 0.15) is 29.5 Å². The van der Waals surface area contributed by atoms with E-state index in [0.29, 0.717) is 50.0 Å². The van der Waals surface area contributed by atoms with Gasteiger partial charge in [0.25, 0.3) is 0 Å². The lowest BCUT2D eigenvalue weighted by Crippen LogP contribution is -2.57. The summed E-state index contributed by atoms with van der Waals surface area (Å²) < 4.78 is 21.8. The Kier molecular flexibility index (Phi) is 8.90.